The molecular formula is C23H26N4O3. The van der Waals surface area contributed by atoms with Crippen molar-refractivity contribution in [3.8, 4) is 17.1 Å². The molecule has 0 aliphatic carbocycles. The monoisotopic (exact) mass is 406 g/mol. The third-order valence-corrected chi connectivity index (χ3v) is 5.46. The summed E-state index contributed by atoms with van der Waals surface area (Å²) in [6.45, 7) is 2.73. The van der Waals surface area contributed by atoms with Gasteiger partial charge in [-0.05, 0) is 49.4 Å². The van der Waals surface area contributed by atoms with E-state index in [4.69, 9.17) is 9.26 Å². The summed E-state index contributed by atoms with van der Waals surface area (Å²) < 4.78 is 10.9. The molecule has 1 aromatic heterocycles. The van der Waals surface area contributed by atoms with Gasteiger partial charge in [0.2, 0.25) is 11.7 Å². The van der Waals surface area contributed by atoms with Gasteiger partial charge in [0.25, 0.3) is 0 Å². The van der Waals surface area contributed by atoms with Gasteiger partial charge in [0.05, 0.1) is 7.11 Å². The molecule has 30 heavy (non-hydrogen) atoms. The van der Waals surface area contributed by atoms with Crippen LogP contribution in [0.5, 0.6) is 5.75 Å². The highest BCUT2D eigenvalue weighted by molar-refractivity contribution is 5.90. The largest absolute Gasteiger partial charge is 0.497 e. The van der Waals surface area contributed by atoms with Crippen LogP contribution in [0, 0.1) is 0 Å². The fourth-order valence-electron chi connectivity index (χ4n) is 3.82. The lowest BCUT2D eigenvalue weighted by atomic mass is 10.0. The number of para-hydroxylation sites is 1. The van der Waals surface area contributed by atoms with Crippen LogP contribution < -0.4 is 10.1 Å². The number of hydrogen-bond acceptors (Lipinski definition) is 5. The second kappa shape index (κ2) is 8.98. The number of piperidine rings is 1. The number of methoxy groups -OCH3 is 1. The number of ether oxygens (including phenoxy) is 1. The highest BCUT2D eigenvalue weighted by Gasteiger charge is 2.32. The van der Waals surface area contributed by atoms with E-state index in [9.17, 15) is 4.79 Å². The van der Waals surface area contributed by atoms with Crippen LogP contribution in [0.3, 0.4) is 0 Å². The maximum absolute atomic E-state index is 13.1. The zero-order chi connectivity index (χ0) is 20.9. The number of nitrogens with one attached hydrogen (secondary N) is 1. The third-order valence-electron chi connectivity index (χ3n) is 5.46. The number of nitrogens with zero attached hydrogens (tertiary/aromatic N) is 3. The van der Waals surface area contributed by atoms with Crippen molar-refractivity contribution in [2.75, 3.05) is 19.0 Å². The number of urea groups is 1. The standard InChI is InChI=1S/C23H26N4O3/c1-3-16-9-4-5-12-19(16)24-23(28)27-14-7-6-13-20(27)22-25-21(26-30-22)17-10-8-11-18(15-17)29-2/h4-5,8-12,15,20H,3,6-7,13-14H2,1-2H3,(H,24,28)/t20-/m1/s1. The van der Waals surface area contributed by atoms with Gasteiger partial charge in [0.15, 0.2) is 0 Å². The second-order valence-corrected chi connectivity index (χ2v) is 7.33. The summed E-state index contributed by atoms with van der Waals surface area (Å²) in [5.41, 5.74) is 2.77. The fourth-order valence-corrected chi connectivity index (χ4v) is 3.82. The van der Waals surface area contributed by atoms with Crippen molar-refractivity contribution >= 4 is 11.7 Å². The molecular weight excluding hydrogens is 380 g/mol. The molecule has 0 unspecified atom stereocenters. The van der Waals surface area contributed by atoms with E-state index in [1.165, 1.54) is 0 Å². The van der Waals surface area contributed by atoms with E-state index >= 15 is 0 Å². The van der Waals surface area contributed by atoms with Gasteiger partial charge in [-0.2, -0.15) is 4.98 Å². The van der Waals surface area contributed by atoms with E-state index in [0.717, 1.165) is 48.2 Å². The van der Waals surface area contributed by atoms with Crippen LogP contribution in [0.15, 0.2) is 53.1 Å². The smallest absolute Gasteiger partial charge is 0.322 e. The third kappa shape index (κ3) is 4.15. The molecule has 156 valence electrons. The highest BCUT2D eigenvalue weighted by atomic mass is 16.5. The minimum Gasteiger partial charge on any atom is -0.497 e. The van der Waals surface area contributed by atoms with Crippen molar-refractivity contribution in [2.45, 2.75) is 38.6 Å². The Bertz CT molecular complexity index is 1020. The molecule has 7 heteroatoms. The molecule has 0 spiro atoms. The Morgan fingerprint density at radius 2 is 2.10 bits per heavy atom. The normalized spacial score (nSPS) is 16.3. The number of aromatic nitrogens is 2. The van der Waals surface area contributed by atoms with Crippen molar-refractivity contribution in [3.05, 3.63) is 60.0 Å². The Kier molecular flexibility index (Phi) is 5.97. The van der Waals surface area contributed by atoms with Crippen LogP contribution >= 0.6 is 0 Å². The molecule has 0 bridgehead atoms. The van der Waals surface area contributed by atoms with Crippen LogP contribution in [-0.2, 0) is 6.42 Å². The van der Waals surface area contributed by atoms with Gasteiger partial charge in [-0.3, -0.25) is 0 Å². The molecule has 3 aromatic rings. The van der Waals surface area contributed by atoms with E-state index in [0.29, 0.717) is 18.3 Å². The zero-order valence-corrected chi connectivity index (χ0v) is 17.3. The summed E-state index contributed by atoms with van der Waals surface area (Å²) in [4.78, 5) is 19.5. The minimum atomic E-state index is -0.237. The minimum absolute atomic E-state index is 0.137. The molecule has 0 radical (unpaired) electrons. The van der Waals surface area contributed by atoms with Gasteiger partial charge in [-0.1, -0.05) is 42.4 Å². The fraction of sp³-hybridized carbons (Fsp3) is 0.348. The van der Waals surface area contributed by atoms with E-state index in [-0.39, 0.29) is 12.1 Å². The summed E-state index contributed by atoms with van der Waals surface area (Å²) in [7, 11) is 1.62. The van der Waals surface area contributed by atoms with E-state index in [1.807, 2.05) is 48.5 Å². The van der Waals surface area contributed by atoms with Crippen LogP contribution in [0.2, 0.25) is 0 Å². The average molecular weight is 406 g/mol. The Morgan fingerprint density at radius 1 is 1.23 bits per heavy atom. The first-order valence-corrected chi connectivity index (χ1v) is 10.3. The SMILES string of the molecule is CCc1ccccc1NC(=O)N1CCCC[C@@H]1c1nc(-c2cccc(OC)c2)no1. The van der Waals surface area contributed by atoms with Crippen molar-refractivity contribution < 1.29 is 14.1 Å². The molecule has 1 atom stereocenters. The number of hydrogen-bond donors (Lipinski definition) is 1. The molecule has 2 heterocycles. The Labute approximate surface area is 176 Å². The predicted octanol–water partition coefficient (Wildman–Crippen LogP) is 5.07. The van der Waals surface area contributed by atoms with Gasteiger partial charge < -0.3 is 19.5 Å². The molecule has 4 rings (SSSR count). The average Bonchev–Trinajstić information content (AvgIpc) is 3.30. The number of likely N-dealkylation sites (tertiary alicyclic amines) is 1. The lowest BCUT2D eigenvalue weighted by Gasteiger charge is -2.33. The van der Waals surface area contributed by atoms with E-state index < -0.39 is 0 Å². The number of aryl methyl sites for hydroxylation is 1. The molecule has 0 saturated carbocycles. The van der Waals surface area contributed by atoms with Gasteiger partial charge in [0.1, 0.15) is 11.8 Å². The zero-order valence-electron chi connectivity index (χ0n) is 17.3. The number of anilines is 1. The van der Waals surface area contributed by atoms with Crippen LogP contribution in [0.4, 0.5) is 10.5 Å². The van der Waals surface area contributed by atoms with E-state index in [2.05, 4.69) is 22.4 Å². The first-order chi connectivity index (χ1) is 14.7. The lowest BCUT2D eigenvalue weighted by molar-refractivity contribution is 0.142. The van der Waals surface area contributed by atoms with Gasteiger partial charge in [-0.25, -0.2) is 4.79 Å². The molecule has 2 amide bonds. The summed E-state index contributed by atoms with van der Waals surface area (Å²) in [5.74, 6) is 1.68. The number of amides is 2. The molecule has 1 saturated heterocycles. The Balaban J connectivity index is 1.55. The number of carbonyl (C=O) groups is 1. The maximum atomic E-state index is 13.1. The second-order valence-electron chi connectivity index (χ2n) is 7.33. The molecule has 1 aliphatic rings. The van der Waals surface area contributed by atoms with Crippen LogP contribution in [0.25, 0.3) is 11.4 Å². The molecule has 1 N–H and O–H groups in total. The summed E-state index contributed by atoms with van der Waals surface area (Å²) in [5, 5.41) is 7.21. The highest BCUT2D eigenvalue weighted by Crippen LogP contribution is 2.32. The van der Waals surface area contributed by atoms with Gasteiger partial charge in [-0.15, -0.1) is 0 Å². The van der Waals surface area contributed by atoms with Gasteiger partial charge >= 0.3 is 6.03 Å². The van der Waals surface area contributed by atoms with Gasteiger partial charge in [0, 0.05) is 17.8 Å². The summed E-state index contributed by atoms with van der Waals surface area (Å²) in [6, 6.07) is 15.0. The van der Waals surface area contributed by atoms with Crippen molar-refractivity contribution in [1.82, 2.24) is 15.0 Å². The lowest BCUT2D eigenvalue weighted by Crippen LogP contribution is -2.41. The Hall–Kier alpha value is -3.35. The number of rotatable bonds is 5. The maximum Gasteiger partial charge on any atom is 0.322 e. The van der Waals surface area contributed by atoms with Crippen molar-refractivity contribution in [3.63, 3.8) is 0 Å². The first kappa shape index (κ1) is 19.9. The molecule has 2 aromatic carbocycles. The van der Waals surface area contributed by atoms with Crippen molar-refractivity contribution in [2.24, 2.45) is 0 Å². The number of benzene rings is 2. The summed E-state index contributed by atoms with van der Waals surface area (Å²) >= 11 is 0. The first-order valence-electron chi connectivity index (χ1n) is 10.3. The van der Waals surface area contributed by atoms with Crippen molar-refractivity contribution in [1.29, 1.82) is 0 Å². The van der Waals surface area contributed by atoms with E-state index in [1.54, 1.807) is 12.0 Å². The predicted molar refractivity (Wildman–Crippen MR) is 114 cm³/mol. The van der Waals surface area contributed by atoms with Crippen LogP contribution in [0.1, 0.15) is 43.7 Å². The van der Waals surface area contributed by atoms with Crippen LogP contribution in [-0.4, -0.2) is 34.7 Å². The molecule has 1 fully saturated rings. The summed E-state index contributed by atoms with van der Waals surface area (Å²) in [6.07, 6.45) is 3.61. The molecule has 1 aliphatic heterocycles. The quantitative estimate of drug-likeness (QED) is 0.640. The Morgan fingerprint density at radius 3 is 2.93 bits per heavy atom. The topological polar surface area (TPSA) is 80.5 Å². The molecule has 7 nitrogen and oxygen atoms in total. The number of carbonyl (C=O) groups excluding carboxylic acids is 1.